The summed E-state index contributed by atoms with van der Waals surface area (Å²) in [6.45, 7) is 1.74. The molecule has 0 radical (unpaired) electrons. The molecule has 1 atom stereocenters. The fourth-order valence-corrected chi connectivity index (χ4v) is 2.98. The quantitative estimate of drug-likeness (QED) is 0.415. The van der Waals surface area contributed by atoms with Crippen molar-refractivity contribution < 1.29 is 13.9 Å². The normalized spacial score (nSPS) is 12.3. The Morgan fingerprint density at radius 3 is 2.74 bits per heavy atom. The maximum atomic E-state index is 13.1. The predicted molar refractivity (Wildman–Crippen MR) is 84.0 cm³/mol. The minimum Gasteiger partial charge on any atom is -0.468 e. The molecule has 0 amide bonds. The van der Waals surface area contributed by atoms with E-state index < -0.39 is 5.25 Å². The average Bonchev–Trinajstić information content (AvgIpc) is 3.00. The molecular formula is C15H13FN4O2S. The molecule has 0 aliphatic heterocycles. The van der Waals surface area contributed by atoms with Crippen molar-refractivity contribution in [2.45, 2.75) is 17.2 Å². The number of rotatable bonds is 4. The standard InChI is InChI=1S/C15H13FN4O2S/c1-9(15(21)22-2)23-14-12-7-19-20(13(12)17-8-18-14)11-5-3-10(16)4-6-11/h3-9H,1-2H3/t9-/m1/s1. The molecule has 2 heterocycles. The Morgan fingerprint density at radius 2 is 2.04 bits per heavy atom. The number of halogens is 1. The highest BCUT2D eigenvalue weighted by Gasteiger charge is 2.19. The summed E-state index contributed by atoms with van der Waals surface area (Å²) in [4.78, 5) is 20.0. The second-order valence-electron chi connectivity index (χ2n) is 4.73. The van der Waals surface area contributed by atoms with Crippen LogP contribution in [0.25, 0.3) is 16.7 Å². The van der Waals surface area contributed by atoms with Gasteiger partial charge in [0.05, 0.1) is 24.4 Å². The minimum atomic E-state index is -0.396. The third-order valence-electron chi connectivity index (χ3n) is 3.22. The maximum Gasteiger partial charge on any atom is 0.318 e. The van der Waals surface area contributed by atoms with E-state index in [9.17, 15) is 9.18 Å². The van der Waals surface area contributed by atoms with E-state index in [0.717, 1.165) is 5.39 Å². The summed E-state index contributed by atoms with van der Waals surface area (Å²) >= 11 is 1.28. The van der Waals surface area contributed by atoms with Crippen molar-refractivity contribution in [2.24, 2.45) is 0 Å². The van der Waals surface area contributed by atoms with Crippen LogP contribution >= 0.6 is 11.8 Å². The van der Waals surface area contributed by atoms with Gasteiger partial charge >= 0.3 is 5.97 Å². The van der Waals surface area contributed by atoms with Gasteiger partial charge < -0.3 is 4.74 Å². The minimum absolute atomic E-state index is 0.317. The Hall–Kier alpha value is -2.48. The predicted octanol–water partition coefficient (Wildman–Crippen LogP) is 2.61. The topological polar surface area (TPSA) is 69.9 Å². The van der Waals surface area contributed by atoms with E-state index >= 15 is 0 Å². The fourth-order valence-electron chi connectivity index (χ4n) is 2.07. The lowest BCUT2D eigenvalue weighted by atomic mass is 10.3. The third-order valence-corrected chi connectivity index (χ3v) is 4.32. The molecule has 0 aliphatic carbocycles. The Kier molecular flexibility index (Phi) is 4.24. The van der Waals surface area contributed by atoms with E-state index in [1.54, 1.807) is 29.9 Å². The number of carbonyl (C=O) groups is 1. The number of esters is 1. The smallest absolute Gasteiger partial charge is 0.318 e. The first-order chi connectivity index (χ1) is 11.1. The average molecular weight is 332 g/mol. The second-order valence-corrected chi connectivity index (χ2v) is 6.06. The number of hydrogen-bond donors (Lipinski definition) is 0. The largest absolute Gasteiger partial charge is 0.468 e. The Bertz CT molecular complexity index is 850. The molecule has 0 aliphatic rings. The highest BCUT2D eigenvalue weighted by molar-refractivity contribution is 8.00. The van der Waals surface area contributed by atoms with Crippen LogP contribution in [-0.4, -0.2) is 38.1 Å². The lowest BCUT2D eigenvalue weighted by Gasteiger charge is -2.08. The summed E-state index contributed by atoms with van der Waals surface area (Å²) < 4.78 is 19.4. The Labute approximate surface area is 135 Å². The molecule has 0 fully saturated rings. The van der Waals surface area contributed by atoms with Crippen molar-refractivity contribution in [1.29, 1.82) is 0 Å². The molecule has 0 unspecified atom stereocenters. The monoisotopic (exact) mass is 332 g/mol. The molecule has 2 aromatic heterocycles. The summed E-state index contributed by atoms with van der Waals surface area (Å²) in [5.41, 5.74) is 1.28. The van der Waals surface area contributed by atoms with Crippen LogP contribution in [0, 0.1) is 5.82 Å². The zero-order valence-electron chi connectivity index (χ0n) is 12.4. The van der Waals surface area contributed by atoms with Gasteiger partial charge in [-0.1, -0.05) is 11.8 Å². The highest BCUT2D eigenvalue weighted by atomic mass is 32.2. The molecule has 3 aromatic rings. The van der Waals surface area contributed by atoms with Crippen LogP contribution in [0.4, 0.5) is 4.39 Å². The number of aromatic nitrogens is 4. The number of carbonyl (C=O) groups excluding carboxylic acids is 1. The van der Waals surface area contributed by atoms with Crippen LogP contribution in [0.3, 0.4) is 0 Å². The molecule has 118 valence electrons. The molecule has 0 bridgehead atoms. The van der Waals surface area contributed by atoms with E-state index in [-0.39, 0.29) is 11.8 Å². The summed E-state index contributed by atoms with van der Waals surface area (Å²) in [6.07, 6.45) is 3.04. The van der Waals surface area contributed by atoms with Crippen molar-refractivity contribution in [3.05, 3.63) is 42.6 Å². The number of ether oxygens (including phenoxy) is 1. The number of benzene rings is 1. The summed E-state index contributed by atoms with van der Waals surface area (Å²) in [5.74, 6) is -0.643. The number of fused-ring (bicyclic) bond motifs is 1. The molecular weight excluding hydrogens is 319 g/mol. The lowest BCUT2D eigenvalue weighted by molar-refractivity contribution is -0.139. The van der Waals surface area contributed by atoms with Crippen molar-refractivity contribution in [3.63, 3.8) is 0 Å². The van der Waals surface area contributed by atoms with Crippen molar-refractivity contribution in [2.75, 3.05) is 7.11 Å². The van der Waals surface area contributed by atoms with Gasteiger partial charge in [-0.2, -0.15) is 5.10 Å². The van der Waals surface area contributed by atoms with Crippen LogP contribution in [0.15, 0.2) is 41.8 Å². The van der Waals surface area contributed by atoms with Gasteiger partial charge in [0.2, 0.25) is 0 Å². The third kappa shape index (κ3) is 3.02. The fraction of sp³-hybridized carbons (Fsp3) is 0.200. The van der Waals surface area contributed by atoms with Gasteiger partial charge in [0.25, 0.3) is 0 Å². The highest BCUT2D eigenvalue weighted by Crippen LogP contribution is 2.29. The first-order valence-electron chi connectivity index (χ1n) is 6.79. The van der Waals surface area contributed by atoms with Gasteiger partial charge in [-0.05, 0) is 31.2 Å². The Balaban J connectivity index is 2.00. The van der Waals surface area contributed by atoms with Crippen molar-refractivity contribution in [1.82, 2.24) is 19.7 Å². The van der Waals surface area contributed by atoms with Gasteiger partial charge in [0, 0.05) is 0 Å². The van der Waals surface area contributed by atoms with Crippen LogP contribution in [0.1, 0.15) is 6.92 Å². The van der Waals surface area contributed by atoms with Crippen LogP contribution < -0.4 is 0 Å². The Morgan fingerprint density at radius 1 is 1.30 bits per heavy atom. The summed E-state index contributed by atoms with van der Waals surface area (Å²) in [7, 11) is 1.35. The SMILES string of the molecule is COC(=O)[C@@H](C)Sc1ncnc2c1cnn2-c1ccc(F)cc1. The number of methoxy groups -OCH3 is 1. The molecule has 0 N–H and O–H groups in total. The molecule has 6 nitrogen and oxygen atoms in total. The molecule has 0 spiro atoms. The van der Waals surface area contributed by atoms with Gasteiger partial charge in [-0.3, -0.25) is 4.79 Å². The number of thioether (sulfide) groups is 1. The molecule has 23 heavy (non-hydrogen) atoms. The van der Waals surface area contributed by atoms with Gasteiger partial charge in [0.15, 0.2) is 5.65 Å². The lowest BCUT2D eigenvalue weighted by Crippen LogP contribution is -2.14. The van der Waals surface area contributed by atoms with E-state index in [1.807, 2.05) is 0 Å². The number of hydrogen-bond acceptors (Lipinski definition) is 6. The summed E-state index contributed by atoms with van der Waals surface area (Å²) in [6, 6.07) is 5.96. The van der Waals surface area contributed by atoms with E-state index in [2.05, 4.69) is 15.1 Å². The molecule has 8 heteroatoms. The van der Waals surface area contributed by atoms with E-state index in [0.29, 0.717) is 16.4 Å². The van der Waals surface area contributed by atoms with E-state index in [1.165, 1.54) is 37.3 Å². The number of nitrogens with zero attached hydrogens (tertiary/aromatic N) is 4. The second kappa shape index (κ2) is 6.33. The van der Waals surface area contributed by atoms with Crippen LogP contribution in [0.5, 0.6) is 0 Å². The van der Waals surface area contributed by atoms with E-state index in [4.69, 9.17) is 4.74 Å². The van der Waals surface area contributed by atoms with Crippen molar-refractivity contribution >= 4 is 28.8 Å². The first kappa shape index (κ1) is 15.4. The zero-order valence-corrected chi connectivity index (χ0v) is 13.2. The van der Waals surface area contributed by atoms with Gasteiger partial charge in [0.1, 0.15) is 22.4 Å². The molecule has 0 saturated carbocycles. The van der Waals surface area contributed by atoms with Crippen LogP contribution in [-0.2, 0) is 9.53 Å². The van der Waals surface area contributed by atoms with Gasteiger partial charge in [-0.25, -0.2) is 19.0 Å². The molecule has 3 rings (SSSR count). The molecule has 0 saturated heterocycles. The summed E-state index contributed by atoms with van der Waals surface area (Å²) in [5, 5.41) is 5.25. The van der Waals surface area contributed by atoms with Crippen LogP contribution in [0.2, 0.25) is 0 Å². The van der Waals surface area contributed by atoms with Gasteiger partial charge in [-0.15, -0.1) is 0 Å². The zero-order chi connectivity index (χ0) is 16.4. The maximum absolute atomic E-state index is 13.1. The first-order valence-corrected chi connectivity index (χ1v) is 7.67. The molecule has 1 aromatic carbocycles. The van der Waals surface area contributed by atoms with Crippen molar-refractivity contribution in [3.8, 4) is 5.69 Å².